The summed E-state index contributed by atoms with van der Waals surface area (Å²) in [6.07, 6.45) is 5.02. The van der Waals surface area contributed by atoms with Crippen LogP contribution in [0.2, 0.25) is 0 Å². The van der Waals surface area contributed by atoms with E-state index < -0.39 is 11.4 Å². The molecule has 176 valence electrons. The van der Waals surface area contributed by atoms with E-state index in [-0.39, 0.29) is 11.6 Å². The van der Waals surface area contributed by atoms with Crippen LogP contribution in [0.25, 0.3) is 27.9 Å². The van der Waals surface area contributed by atoms with Crippen molar-refractivity contribution in [3.63, 3.8) is 0 Å². The molecule has 1 fully saturated rings. The highest BCUT2D eigenvalue weighted by Gasteiger charge is 2.42. The van der Waals surface area contributed by atoms with Gasteiger partial charge in [0.2, 0.25) is 5.91 Å². The number of amides is 1. The molecule has 0 saturated carbocycles. The van der Waals surface area contributed by atoms with Crippen LogP contribution in [0, 0.1) is 5.82 Å². The van der Waals surface area contributed by atoms with Gasteiger partial charge in [0.15, 0.2) is 5.82 Å². The van der Waals surface area contributed by atoms with Crippen molar-refractivity contribution in [3.8, 4) is 22.4 Å². The number of carbonyl (C=O) groups is 1. The van der Waals surface area contributed by atoms with Gasteiger partial charge in [0, 0.05) is 43.0 Å². The van der Waals surface area contributed by atoms with E-state index in [4.69, 9.17) is 5.73 Å². The average molecular weight is 463 g/mol. The van der Waals surface area contributed by atoms with Gasteiger partial charge in [-0.15, -0.1) is 0 Å². The number of aryl methyl sites for hydroxylation is 1. The predicted molar refractivity (Wildman–Crippen MR) is 129 cm³/mol. The van der Waals surface area contributed by atoms with Crippen LogP contribution in [0.3, 0.4) is 0 Å². The number of nitrogens with zero attached hydrogens (tertiary/aromatic N) is 7. The van der Waals surface area contributed by atoms with Crippen LogP contribution in [0.4, 0.5) is 15.9 Å². The van der Waals surface area contributed by atoms with Crippen molar-refractivity contribution in [1.82, 2.24) is 29.3 Å². The van der Waals surface area contributed by atoms with Crippen molar-refractivity contribution in [2.45, 2.75) is 26.3 Å². The summed E-state index contributed by atoms with van der Waals surface area (Å²) in [5, 5.41) is 8.67. The molecule has 9 nitrogen and oxygen atoms in total. The molecule has 0 unspecified atom stereocenters. The average Bonchev–Trinajstić information content (AvgIpc) is 3.41. The third-order valence-corrected chi connectivity index (χ3v) is 6.67. The maximum atomic E-state index is 15.1. The molecule has 1 aliphatic heterocycles. The number of fused-ring (bicyclic) bond motifs is 1. The Morgan fingerprint density at radius 1 is 1.15 bits per heavy atom. The summed E-state index contributed by atoms with van der Waals surface area (Å²) in [5.41, 5.74) is 9.51. The minimum absolute atomic E-state index is 0.126. The molecule has 1 saturated heterocycles. The topological polar surface area (TPSA) is 97.6 Å². The number of anilines is 2. The van der Waals surface area contributed by atoms with Crippen molar-refractivity contribution in [2.24, 2.45) is 7.05 Å². The molecule has 0 aliphatic carbocycles. The lowest BCUT2D eigenvalue weighted by Crippen LogP contribution is -2.63. The predicted octanol–water partition coefficient (Wildman–Crippen LogP) is 2.97. The highest BCUT2D eigenvalue weighted by atomic mass is 19.1. The fourth-order valence-electron chi connectivity index (χ4n) is 4.78. The maximum absolute atomic E-state index is 15.1. The fraction of sp³-hybridized carbons (Fsp3) is 0.333. The number of benzene rings is 1. The zero-order valence-corrected chi connectivity index (χ0v) is 19.7. The van der Waals surface area contributed by atoms with E-state index in [1.807, 2.05) is 40.1 Å². The second kappa shape index (κ2) is 7.91. The van der Waals surface area contributed by atoms with Crippen LogP contribution in [-0.2, 0) is 11.8 Å². The summed E-state index contributed by atoms with van der Waals surface area (Å²) in [6, 6.07) is 6.72. The van der Waals surface area contributed by atoms with E-state index in [1.54, 1.807) is 32.4 Å². The monoisotopic (exact) mass is 462 g/mol. The molecule has 4 aromatic rings. The number of likely N-dealkylation sites (N-methyl/N-ethyl adjacent to an activating group) is 1. The number of halogens is 1. The van der Waals surface area contributed by atoms with Gasteiger partial charge in [0.25, 0.3) is 0 Å². The largest absolute Gasteiger partial charge is 0.382 e. The first-order valence-corrected chi connectivity index (χ1v) is 11.2. The molecule has 10 heteroatoms. The van der Waals surface area contributed by atoms with Crippen LogP contribution >= 0.6 is 0 Å². The molecule has 0 spiro atoms. The van der Waals surface area contributed by atoms with Crippen LogP contribution in [0.1, 0.15) is 20.8 Å². The van der Waals surface area contributed by atoms with Gasteiger partial charge in [-0.3, -0.25) is 14.4 Å². The number of nitrogen functional groups attached to an aromatic ring is 1. The molecule has 1 aromatic carbocycles. The second-order valence-electron chi connectivity index (χ2n) is 9.01. The molecule has 5 rings (SSSR count). The standard InChI is InChI=1S/C24H27FN8O/c1-5-31-8-9-32(23(34)24(31,2)3)20-10-15(6-7-18(20)25)19-11-17(16-12-28-30(4)13-16)21-22(26)27-14-29-33(19)21/h6-7,10-14H,5,8-9H2,1-4H3,(H2,26,27,29). The molecular weight excluding hydrogens is 435 g/mol. The van der Waals surface area contributed by atoms with Gasteiger partial charge in [0.1, 0.15) is 17.7 Å². The SMILES string of the molecule is CCN1CCN(c2cc(-c3cc(-c4cnn(C)c4)c4c(N)ncnn34)ccc2F)C(=O)C1(C)C. The minimum atomic E-state index is -0.716. The Bertz CT molecular complexity index is 1410. The lowest BCUT2D eigenvalue weighted by atomic mass is 9.96. The van der Waals surface area contributed by atoms with Gasteiger partial charge in [-0.2, -0.15) is 10.2 Å². The van der Waals surface area contributed by atoms with Crippen molar-refractivity contribution in [1.29, 1.82) is 0 Å². The molecule has 0 atom stereocenters. The van der Waals surface area contributed by atoms with E-state index in [2.05, 4.69) is 20.1 Å². The summed E-state index contributed by atoms with van der Waals surface area (Å²) in [4.78, 5) is 21.1. The zero-order chi connectivity index (χ0) is 24.2. The summed E-state index contributed by atoms with van der Waals surface area (Å²) >= 11 is 0. The number of piperazine rings is 1. The number of aromatic nitrogens is 5. The Morgan fingerprint density at radius 3 is 2.65 bits per heavy atom. The van der Waals surface area contributed by atoms with Gasteiger partial charge in [-0.25, -0.2) is 13.9 Å². The normalized spacial score (nSPS) is 16.5. The fourth-order valence-corrected chi connectivity index (χ4v) is 4.78. The molecule has 0 bridgehead atoms. The molecule has 1 aliphatic rings. The smallest absolute Gasteiger partial charge is 0.247 e. The third-order valence-electron chi connectivity index (χ3n) is 6.67. The van der Waals surface area contributed by atoms with Crippen LogP contribution < -0.4 is 10.6 Å². The number of nitrogens with two attached hydrogens (primary N) is 1. The Morgan fingerprint density at radius 2 is 1.94 bits per heavy atom. The molecule has 4 heterocycles. The molecule has 1 amide bonds. The van der Waals surface area contributed by atoms with E-state index in [9.17, 15) is 4.79 Å². The highest BCUT2D eigenvalue weighted by molar-refractivity contribution is 6.01. The van der Waals surface area contributed by atoms with Crippen LogP contribution in [0.5, 0.6) is 0 Å². The van der Waals surface area contributed by atoms with E-state index in [0.717, 1.165) is 17.7 Å². The summed E-state index contributed by atoms with van der Waals surface area (Å²) < 4.78 is 18.5. The third kappa shape index (κ3) is 3.33. The zero-order valence-electron chi connectivity index (χ0n) is 19.7. The van der Waals surface area contributed by atoms with Crippen LogP contribution in [-0.4, -0.2) is 60.4 Å². The number of carbonyl (C=O) groups excluding carboxylic acids is 1. The lowest BCUT2D eigenvalue weighted by Gasteiger charge is -2.45. The van der Waals surface area contributed by atoms with Crippen molar-refractivity contribution < 1.29 is 9.18 Å². The quantitative estimate of drug-likeness (QED) is 0.501. The van der Waals surface area contributed by atoms with Gasteiger partial charge < -0.3 is 10.6 Å². The second-order valence-corrected chi connectivity index (χ2v) is 9.01. The summed E-state index contributed by atoms with van der Waals surface area (Å²) in [5.74, 6) is -0.241. The summed E-state index contributed by atoms with van der Waals surface area (Å²) in [6.45, 7) is 7.63. The Kier molecular flexibility index (Phi) is 5.12. The maximum Gasteiger partial charge on any atom is 0.247 e. The minimum Gasteiger partial charge on any atom is -0.382 e. The molecule has 34 heavy (non-hydrogen) atoms. The first-order valence-electron chi connectivity index (χ1n) is 11.2. The van der Waals surface area contributed by atoms with Gasteiger partial charge in [-0.1, -0.05) is 6.92 Å². The Labute approximate surface area is 196 Å². The number of rotatable bonds is 4. The molecule has 2 N–H and O–H groups in total. The van der Waals surface area contributed by atoms with Crippen LogP contribution in [0.15, 0.2) is 43.0 Å². The first-order chi connectivity index (χ1) is 16.2. The molecular formula is C24H27FN8O. The van der Waals surface area contributed by atoms with E-state index in [1.165, 1.54) is 12.4 Å². The molecule has 3 aromatic heterocycles. The molecule has 0 radical (unpaired) electrons. The first kappa shape index (κ1) is 22.0. The Balaban J connectivity index is 1.64. The summed E-state index contributed by atoms with van der Waals surface area (Å²) in [7, 11) is 1.84. The van der Waals surface area contributed by atoms with Gasteiger partial charge >= 0.3 is 0 Å². The van der Waals surface area contributed by atoms with Crippen molar-refractivity contribution in [2.75, 3.05) is 30.3 Å². The lowest BCUT2D eigenvalue weighted by molar-refractivity contribution is -0.131. The van der Waals surface area contributed by atoms with Gasteiger partial charge in [-0.05, 0) is 44.7 Å². The van der Waals surface area contributed by atoms with Crippen molar-refractivity contribution >= 4 is 22.9 Å². The van der Waals surface area contributed by atoms with Crippen molar-refractivity contribution in [3.05, 3.63) is 48.8 Å². The Hall–Kier alpha value is -3.79. The van der Waals surface area contributed by atoms with Gasteiger partial charge in [0.05, 0.1) is 23.1 Å². The number of hydrogen-bond donors (Lipinski definition) is 1. The highest BCUT2D eigenvalue weighted by Crippen LogP contribution is 2.37. The number of hydrogen-bond acceptors (Lipinski definition) is 6. The van der Waals surface area contributed by atoms with E-state index in [0.29, 0.717) is 35.7 Å². The van der Waals surface area contributed by atoms with E-state index >= 15 is 4.39 Å².